The first-order valence-electron chi connectivity index (χ1n) is 5.00. The summed E-state index contributed by atoms with van der Waals surface area (Å²) in [5, 5.41) is 1.17. The van der Waals surface area contributed by atoms with Gasteiger partial charge in [0.15, 0.2) is 0 Å². The summed E-state index contributed by atoms with van der Waals surface area (Å²) >= 11 is 5.61. The van der Waals surface area contributed by atoms with Crippen molar-refractivity contribution in [2.24, 2.45) is 5.41 Å². The molecular formula is C12H15BrS. The fourth-order valence-corrected chi connectivity index (χ4v) is 3.76. The molecule has 0 atom stereocenters. The fraction of sp³-hybridized carbons (Fsp3) is 0.500. The SMILES string of the molecule is Cc1cccc(SCC2(CBr)CC2)c1. The van der Waals surface area contributed by atoms with Crippen LogP contribution in [0.4, 0.5) is 0 Å². The molecule has 0 unspecified atom stereocenters. The molecule has 0 aromatic heterocycles. The van der Waals surface area contributed by atoms with Gasteiger partial charge in [-0.1, -0.05) is 33.6 Å². The lowest BCUT2D eigenvalue weighted by atomic mass is 10.2. The lowest BCUT2D eigenvalue weighted by molar-refractivity contribution is 0.686. The number of thioether (sulfide) groups is 1. The largest absolute Gasteiger partial charge is 0.126 e. The van der Waals surface area contributed by atoms with Crippen molar-refractivity contribution in [3.63, 3.8) is 0 Å². The zero-order chi connectivity index (χ0) is 10.0. The van der Waals surface area contributed by atoms with E-state index in [1.165, 1.54) is 34.4 Å². The van der Waals surface area contributed by atoms with Crippen molar-refractivity contribution in [2.75, 3.05) is 11.1 Å². The Morgan fingerprint density at radius 2 is 2.21 bits per heavy atom. The summed E-state index contributed by atoms with van der Waals surface area (Å²) in [6.45, 7) is 2.15. The Morgan fingerprint density at radius 3 is 2.79 bits per heavy atom. The van der Waals surface area contributed by atoms with Crippen molar-refractivity contribution in [3.8, 4) is 0 Å². The molecular weight excluding hydrogens is 256 g/mol. The first-order valence-corrected chi connectivity index (χ1v) is 7.10. The summed E-state index contributed by atoms with van der Waals surface area (Å²) in [6, 6.07) is 8.78. The van der Waals surface area contributed by atoms with Gasteiger partial charge in [-0.2, -0.15) is 0 Å². The van der Waals surface area contributed by atoms with Crippen LogP contribution in [0, 0.1) is 12.3 Å². The molecule has 0 amide bonds. The third kappa shape index (κ3) is 2.54. The maximum Gasteiger partial charge on any atom is 0.00959 e. The first kappa shape index (κ1) is 10.6. The second-order valence-corrected chi connectivity index (χ2v) is 5.85. The normalized spacial score (nSPS) is 18.1. The molecule has 0 N–H and O–H groups in total. The summed E-state index contributed by atoms with van der Waals surface area (Å²) in [7, 11) is 0. The van der Waals surface area contributed by atoms with E-state index in [1.54, 1.807) is 0 Å². The summed E-state index contributed by atoms with van der Waals surface area (Å²) in [5.41, 5.74) is 1.98. The number of hydrogen-bond donors (Lipinski definition) is 0. The minimum Gasteiger partial charge on any atom is -0.126 e. The molecule has 1 saturated carbocycles. The van der Waals surface area contributed by atoms with Crippen molar-refractivity contribution in [1.82, 2.24) is 0 Å². The van der Waals surface area contributed by atoms with Crippen LogP contribution in [0.3, 0.4) is 0 Å². The molecule has 2 rings (SSSR count). The first-order chi connectivity index (χ1) is 6.74. The van der Waals surface area contributed by atoms with Gasteiger partial charge in [-0.15, -0.1) is 11.8 Å². The van der Waals surface area contributed by atoms with Crippen LogP contribution in [-0.2, 0) is 0 Å². The second kappa shape index (κ2) is 4.28. The number of benzene rings is 1. The number of halogens is 1. The van der Waals surface area contributed by atoms with E-state index in [9.17, 15) is 0 Å². The molecule has 1 aliphatic rings. The van der Waals surface area contributed by atoms with Gasteiger partial charge < -0.3 is 0 Å². The Labute approximate surface area is 98.6 Å². The minimum atomic E-state index is 0.619. The van der Waals surface area contributed by atoms with E-state index < -0.39 is 0 Å². The molecule has 0 radical (unpaired) electrons. The quantitative estimate of drug-likeness (QED) is 0.582. The lowest BCUT2D eigenvalue weighted by Gasteiger charge is -2.10. The Hall–Kier alpha value is 0.0500. The fourth-order valence-electron chi connectivity index (χ4n) is 1.43. The van der Waals surface area contributed by atoms with Crippen molar-refractivity contribution in [3.05, 3.63) is 29.8 Å². The number of alkyl halides is 1. The summed E-state index contributed by atoms with van der Waals surface area (Å²) in [4.78, 5) is 1.41. The van der Waals surface area contributed by atoms with E-state index in [4.69, 9.17) is 0 Å². The van der Waals surface area contributed by atoms with Crippen LogP contribution in [0.25, 0.3) is 0 Å². The van der Waals surface area contributed by atoms with E-state index in [-0.39, 0.29) is 0 Å². The monoisotopic (exact) mass is 270 g/mol. The average molecular weight is 271 g/mol. The Kier molecular flexibility index (Phi) is 3.23. The van der Waals surface area contributed by atoms with Crippen LogP contribution in [0.15, 0.2) is 29.2 Å². The third-order valence-corrected chi connectivity index (χ3v) is 5.31. The van der Waals surface area contributed by atoms with Gasteiger partial charge in [0.2, 0.25) is 0 Å². The van der Waals surface area contributed by atoms with Crippen molar-refractivity contribution in [1.29, 1.82) is 0 Å². The predicted molar refractivity (Wildman–Crippen MR) is 67.4 cm³/mol. The molecule has 0 nitrogen and oxygen atoms in total. The maximum absolute atomic E-state index is 3.61. The van der Waals surface area contributed by atoms with Crippen molar-refractivity contribution < 1.29 is 0 Å². The molecule has 0 spiro atoms. The molecule has 1 aliphatic carbocycles. The number of rotatable bonds is 4. The zero-order valence-electron chi connectivity index (χ0n) is 8.42. The van der Waals surface area contributed by atoms with Crippen LogP contribution in [0.5, 0.6) is 0 Å². The second-order valence-electron chi connectivity index (χ2n) is 4.24. The molecule has 2 heteroatoms. The molecule has 0 saturated heterocycles. The molecule has 14 heavy (non-hydrogen) atoms. The van der Waals surface area contributed by atoms with Crippen LogP contribution in [0.2, 0.25) is 0 Å². The van der Waals surface area contributed by atoms with E-state index in [0.29, 0.717) is 5.41 Å². The van der Waals surface area contributed by atoms with Crippen LogP contribution in [0.1, 0.15) is 18.4 Å². The Balaban J connectivity index is 1.92. The van der Waals surface area contributed by atoms with Crippen molar-refractivity contribution in [2.45, 2.75) is 24.7 Å². The van der Waals surface area contributed by atoms with Gasteiger partial charge in [0.1, 0.15) is 0 Å². The summed E-state index contributed by atoms with van der Waals surface area (Å²) in [6.07, 6.45) is 2.80. The van der Waals surface area contributed by atoms with Crippen molar-refractivity contribution >= 4 is 27.7 Å². The highest BCUT2D eigenvalue weighted by atomic mass is 79.9. The maximum atomic E-state index is 3.61. The summed E-state index contributed by atoms with van der Waals surface area (Å²) in [5.74, 6) is 1.27. The average Bonchev–Trinajstić information content (AvgIpc) is 2.96. The number of aryl methyl sites for hydroxylation is 1. The van der Waals surface area contributed by atoms with Crippen LogP contribution >= 0.6 is 27.7 Å². The standard InChI is InChI=1S/C12H15BrS/c1-10-3-2-4-11(7-10)14-9-12(8-13)5-6-12/h2-4,7H,5-6,8-9H2,1H3. The van der Waals surface area contributed by atoms with Crippen LogP contribution < -0.4 is 0 Å². The smallest absolute Gasteiger partial charge is 0.00959 e. The highest BCUT2D eigenvalue weighted by molar-refractivity contribution is 9.09. The van der Waals surface area contributed by atoms with Gasteiger partial charge >= 0.3 is 0 Å². The van der Waals surface area contributed by atoms with Crippen LogP contribution in [-0.4, -0.2) is 11.1 Å². The van der Waals surface area contributed by atoms with E-state index in [1.807, 2.05) is 11.8 Å². The van der Waals surface area contributed by atoms with E-state index >= 15 is 0 Å². The highest BCUT2D eigenvalue weighted by Crippen LogP contribution is 2.50. The minimum absolute atomic E-state index is 0.619. The summed E-state index contributed by atoms with van der Waals surface area (Å²) < 4.78 is 0. The molecule has 1 aromatic carbocycles. The Bertz CT molecular complexity index is 318. The van der Waals surface area contributed by atoms with Gasteiger partial charge in [-0.3, -0.25) is 0 Å². The van der Waals surface area contributed by atoms with Gasteiger partial charge in [-0.05, 0) is 37.3 Å². The van der Waals surface area contributed by atoms with E-state index in [2.05, 4.69) is 47.1 Å². The topological polar surface area (TPSA) is 0 Å². The van der Waals surface area contributed by atoms with Gasteiger partial charge in [0.05, 0.1) is 0 Å². The third-order valence-electron chi connectivity index (χ3n) is 2.78. The molecule has 1 aromatic rings. The Morgan fingerprint density at radius 1 is 1.43 bits per heavy atom. The number of hydrogen-bond acceptors (Lipinski definition) is 1. The molecule has 0 heterocycles. The van der Waals surface area contributed by atoms with Gasteiger partial charge in [-0.25, -0.2) is 0 Å². The van der Waals surface area contributed by atoms with Gasteiger partial charge in [0.25, 0.3) is 0 Å². The molecule has 1 fully saturated rings. The zero-order valence-corrected chi connectivity index (χ0v) is 10.8. The molecule has 76 valence electrons. The molecule has 0 bridgehead atoms. The van der Waals surface area contributed by atoms with E-state index in [0.717, 1.165) is 0 Å². The molecule has 0 aliphatic heterocycles. The predicted octanol–water partition coefficient (Wildman–Crippen LogP) is 4.26. The van der Waals surface area contributed by atoms with Gasteiger partial charge in [0, 0.05) is 16.0 Å². The highest BCUT2D eigenvalue weighted by Gasteiger charge is 2.41. The lowest BCUT2D eigenvalue weighted by Crippen LogP contribution is -2.04.